The van der Waals surface area contributed by atoms with E-state index in [4.69, 9.17) is 24.1 Å². The van der Waals surface area contributed by atoms with Gasteiger partial charge in [-0.05, 0) is 0 Å². The topological polar surface area (TPSA) is 108 Å². The first-order chi connectivity index (χ1) is 9.76. The Labute approximate surface area is 120 Å². The van der Waals surface area contributed by atoms with Crippen LogP contribution in [-0.4, -0.2) is 60.4 Å². The minimum atomic E-state index is -1.95. The fourth-order valence-electron chi connectivity index (χ4n) is 1.91. The van der Waals surface area contributed by atoms with Gasteiger partial charge in [-0.3, -0.25) is 14.4 Å². The Balaban J connectivity index is 3.05. The Kier molecular flexibility index (Phi) is 6.03. The van der Waals surface area contributed by atoms with Crippen LogP contribution in [0.1, 0.15) is 20.8 Å². The summed E-state index contributed by atoms with van der Waals surface area (Å²) in [5.74, 6) is -2.39. The fraction of sp³-hybridized carbons (Fsp3) is 0.750. The molecule has 0 amide bonds. The molecule has 1 aliphatic heterocycles. The molecule has 0 bridgehead atoms. The molecule has 8 nitrogen and oxygen atoms in total. The van der Waals surface area contributed by atoms with Crippen molar-refractivity contribution in [2.45, 2.75) is 51.5 Å². The number of alkyl halides is 1. The van der Waals surface area contributed by atoms with E-state index in [9.17, 15) is 18.8 Å². The molecule has 1 fully saturated rings. The van der Waals surface area contributed by atoms with Crippen LogP contribution in [0.3, 0.4) is 0 Å². The van der Waals surface area contributed by atoms with E-state index in [1.165, 1.54) is 0 Å². The van der Waals surface area contributed by atoms with E-state index < -0.39 is 55.3 Å². The van der Waals surface area contributed by atoms with Gasteiger partial charge in [-0.25, -0.2) is 4.39 Å². The van der Waals surface area contributed by atoms with E-state index in [2.05, 4.69) is 0 Å². The highest BCUT2D eigenvalue weighted by Gasteiger charge is 2.51. The molecule has 9 heteroatoms. The number of aliphatic hydroxyl groups is 1. The quantitative estimate of drug-likeness (QED) is 0.545. The van der Waals surface area contributed by atoms with Crippen LogP contribution in [0.4, 0.5) is 4.39 Å². The Morgan fingerprint density at radius 3 is 1.90 bits per heavy atom. The summed E-state index contributed by atoms with van der Waals surface area (Å²) in [5.41, 5.74) is 0. The highest BCUT2D eigenvalue weighted by molar-refractivity contribution is 5.68. The molecule has 1 N–H and O–H groups in total. The zero-order valence-corrected chi connectivity index (χ0v) is 11.8. The number of aliphatic hydroxyl groups excluding tert-OH is 1. The summed E-state index contributed by atoms with van der Waals surface area (Å²) in [7, 11) is 0. The minimum Gasteiger partial charge on any atom is -0.455 e. The summed E-state index contributed by atoms with van der Waals surface area (Å²) in [6, 6.07) is 0. The van der Waals surface area contributed by atoms with E-state index in [-0.39, 0.29) is 0 Å². The lowest BCUT2D eigenvalue weighted by molar-refractivity contribution is -0.288. The van der Waals surface area contributed by atoms with Gasteiger partial charge in [-0.15, -0.1) is 0 Å². The largest absolute Gasteiger partial charge is 0.455 e. The Morgan fingerprint density at radius 1 is 1.00 bits per heavy atom. The molecular weight excluding hydrogens is 291 g/mol. The molecule has 1 rings (SSSR count). The minimum absolute atomic E-state index is 0.733. The molecule has 0 radical (unpaired) electrons. The molecule has 0 aromatic heterocycles. The van der Waals surface area contributed by atoms with Crippen molar-refractivity contribution < 1.29 is 42.8 Å². The second-order valence-corrected chi connectivity index (χ2v) is 4.43. The molecule has 21 heavy (non-hydrogen) atoms. The van der Waals surface area contributed by atoms with Crippen LogP contribution in [-0.2, 0) is 33.3 Å². The van der Waals surface area contributed by atoms with Gasteiger partial charge in [0.05, 0.1) is 6.61 Å². The summed E-state index contributed by atoms with van der Waals surface area (Å²) in [4.78, 5) is 33.2. The highest BCUT2D eigenvalue weighted by Crippen LogP contribution is 2.29. The average molecular weight is 308 g/mol. The van der Waals surface area contributed by atoms with E-state index in [1.54, 1.807) is 0 Å². The van der Waals surface area contributed by atoms with Crippen LogP contribution in [0.2, 0.25) is 0 Å². The lowest BCUT2D eigenvalue weighted by Gasteiger charge is -2.40. The van der Waals surface area contributed by atoms with Crippen molar-refractivity contribution in [1.82, 2.24) is 0 Å². The zero-order chi connectivity index (χ0) is 16.2. The number of hydrogen-bond donors (Lipinski definition) is 1. The van der Waals surface area contributed by atoms with Crippen LogP contribution in [0.15, 0.2) is 0 Å². The number of rotatable bonds is 4. The summed E-state index contributed by atoms with van der Waals surface area (Å²) in [5, 5.41) is 9.08. The highest BCUT2D eigenvalue weighted by atomic mass is 19.1. The zero-order valence-electron chi connectivity index (χ0n) is 11.8. The normalized spacial score (nSPS) is 32.1. The molecule has 0 saturated carbocycles. The van der Waals surface area contributed by atoms with Gasteiger partial charge >= 0.3 is 17.9 Å². The standard InChI is InChI=1S/C12H17FO8/c1-5(15)18-10-9(13)8(4-14)21-12(20-7(3)17)11(10)19-6(2)16/h8-12,14H,4H2,1-3H3/t8-,9-,10+,11+,12?/m1/s1. The van der Waals surface area contributed by atoms with Crippen molar-refractivity contribution in [3.63, 3.8) is 0 Å². The summed E-state index contributed by atoms with van der Waals surface area (Å²) >= 11 is 0. The average Bonchev–Trinajstić information content (AvgIpc) is 2.35. The predicted octanol–water partition coefficient (Wildman–Crippen LogP) is -0.532. The van der Waals surface area contributed by atoms with Gasteiger partial charge in [0.25, 0.3) is 0 Å². The molecule has 120 valence electrons. The van der Waals surface area contributed by atoms with Gasteiger partial charge in [-0.1, -0.05) is 0 Å². The van der Waals surface area contributed by atoms with Crippen LogP contribution in [0, 0.1) is 0 Å². The Morgan fingerprint density at radius 2 is 1.48 bits per heavy atom. The summed E-state index contributed by atoms with van der Waals surface area (Å²) < 4.78 is 33.7. The number of carbonyl (C=O) groups excluding carboxylic acids is 3. The lowest BCUT2D eigenvalue weighted by atomic mass is 10.00. The maximum Gasteiger partial charge on any atom is 0.305 e. The van der Waals surface area contributed by atoms with Crippen molar-refractivity contribution in [3.8, 4) is 0 Å². The van der Waals surface area contributed by atoms with Crippen molar-refractivity contribution in [1.29, 1.82) is 0 Å². The third kappa shape index (κ3) is 4.64. The van der Waals surface area contributed by atoms with Crippen molar-refractivity contribution in [3.05, 3.63) is 0 Å². The SMILES string of the molecule is CC(=O)OC1O[C@H](CO)[C@@H](F)[C@H](OC(C)=O)[C@@H]1OC(C)=O. The molecule has 1 aliphatic rings. The van der Waals surface area contributed by atoms with Crippen molar-refractivity contribution >= 4 is 17.9 Å². The van der Waals surface area contributed by atoms with Crippen LogP contribution in [0.5, 0.6) is 0 Å². The third-order valence-corrected chi connectivity index (χ3v) is 2.64. The van der Waals surface area contributed by atoms with Crippen molar-refractivity contribution in [2.75, 3.05) is 6.61 Å². The number of hydrogen-bond acceptors (Lipinski definition) is 8. The van der Waals surface area contributed by atoms with E-state index in [0.29, 0.717) is 0 Å². The number of halogens is 1. The lowest BCUT2D eigenvalue weighted by Crippen LogP contribution is -2.60. The maximum absolute atomic E-state index is 14.2. The monoisotopic (exact) mass is 308 g/mol. The molecular formula is C12H17FO8. The van der Waals surface area contributed by atoms with Crippen molar-refractivity contribution in [2.24, 2.45) is 0 Å². The second kappa shape index (κ2) is 7.32. The second-order valence-electron chi connectivity index (χ2n) is 4.43. The summed E-state index contributed by atoms with van der Waals surface area (Å²) in [6.45, 7) is 2.44. The molecule has 5 atom stereocenters. The predicted molar refractivity (Wildman–Crippen MR) is 63.5 cm³/mol. The molecule has 0 spiro atoms. The fourth-order valence-corrected chi connectivity index (χ4v) is 1.91. The van der Waals surface area contributed by atoms with Crippen LogP contribution in [0.25, 0.3) is 0 Å². The van der Waals surface area contributed by atoms with E-state index in [0.717, 1.165) is 20.8 Å². The Bertz CT molecular complexity index is 412. The van der Waals surface area contributed by atoms with Gasteiger partial charge in [0.15, 0.2) is 12.3 Å². The number of esters is 3. The third-order valence-electron chi connectivity index (χ3n) is 2.64. The number of ether oxygens (including phenoxy) is 4. The molecule has 1 heterocycles. The molecule has 0 aliphatic carbocycles. The van der Waals surface area contributed by atoms with E-state index >= 15 is 0 Å². The first-order valence-corrected chi connectivity index (χ1v) is 6.18. The summed E-state index contributed by atoms with van der Waals surface area (Å²) in [6.07, 6.45) is -7.84. The van der Waals surface area contributed by atoms with Gasteiger partial charge in [-0.2, -0.15) is 0 Å². The molecule has 0 aromatic rings. The molecule has 1 saturated heterocycles. The van der Waals surface area contributed by atoms with Crippen LogP contribution < -0.4 is 0 Å². The van der Waals surface area contributed by atoms with Gasteiger partial charge in [0.1, 0.15) is 6.10 Å². The first kappa shape index (κ1) is 17.3. The Hall–Kier alpha value is -1.74. The molecule has 1 unspecified atom stereocenters. The maximum atomic E-state index is 14.2. The van der Waals surface area contributed by atoms with Gasteiger partial charge < -0.3 is 24.1 Å². The van der Waals surface area contributed by atoms with Gasteiger partial charge in [0, 0.05) is 20.8 Å². The first-order valence-electron chi connectivity index (χ1n) is 6.18. The molecule has 0 aromatic carbocycles. The van der Waals surface area contributed by atoms with Gasteiger partial charge in [0.2, 0.25) is 12.4 Å². The van der Waals surface area contributed by atoms with E-state index in [1.807, 2.05) is 0 Å². The number of carbonyl (C=O) groups is 3. The van der Waals surface area contributed by atoms with Crippen LogP contribution >= 0.6 is 0 Å². The smallest absolute Gasteiger partial charge is 0.305 e.